The first kappa shape index (κ1) is 28.2. The first-order valence-corrected chi connectivity index (χ1v) is 14.6. The molecule has 0 amide bonds. The molecular weight excluding hydrogens is 726 g/mol. The Bertz CT molecular complexity index is 1900. The average Bonchev–Trinajstić information content (AvgIpc) is 3.69. The second-order valence-electron chi connectivity index (χ2n) is 11.2. The minimum absolute atomic E-state index is 0. The summed E-state index contributed by atoms with van der Waals surface area (Å²) < 4.78 is 15.8. The van der Waals surface area contributed by atoms with Gasteiger partial charge in [-0.05, 0) is 55.0 Å². The number of nitrogens with zero attached hydrogens (tertiary/aromatic N) is 5. The van der Waals surface area contributed by atoms with Crippen LogP contribution in [0.3, 0.4) is 0 Å². The number of halogens is 1. The van der Waals surface area contributed by atoms with Crippen molar-refractivity contribution in [1.82, 2.24) is 19.9 Å². The number of benzene rings is 4. The van der Waals surface area contributed by atoms with E-state index in [1.54, 1.807) is 6.20 Å². The summed E-state index contributed by atoms with van der Waals surface area (Å²) in [6, 6.07) is 38.6. The fourth-order valence-electron chi connectivity index (χ4n) is 6.51. The van der Waals surface area contributed by atoms with Crippen molar-refractivity contribution in [2.24, 2.45) is 0 Å². The molecule has 6 aromatic rings. The quantitative estimate of drug-likeness (QED) is 0.159. The molecule has 0 aliphatic heterocycles. The van der Waals surface area contributed by atoms with Crippen molar-refractivity contribution in [2.75, 3.05) is 4.90 Å². The maximum atomic E-state index is 15.8. The summed E-state index contributed by atoms with van der Waals surface area (Å²) in [5.41, 5.74) is 6.80. The Morgan fingerprint density at radius 2 is 1.27 bits per heavy atom. The molecule has 2 unspecified atom stereocenters. The van der Waals surface area contributed by atoms with Crippen molar-refractivity contribution < 1.29 is 24.5 Å². The van der Waals surface area contributed by atoms with Gasteiger partial charge in [-0.15, -0.1) is 34.9 Å². The summed E-state index contributed by atoms with van der Waals surface area (Å²) in [5.74, 6) is 2.04. The number of hydrogen-bond acceptors (Lipinski definition) is 5. The largest absolute Gasteiger partial charge is 0.301 e. The third-order valence-corrected chi connectivity index (χ3v) is 8.57. The van der Waals surface area contributed by atoms with Gasteiger partial charge in [-0.2, -0.15) is 9.97 Å². The predicted molar refractivity (Wildman–Crippen MR) is 167 cm³/mol. The Balaban J connectivity index is 0.00000312. The zero-order valence-corrected chi connectivity index (χ0v) is 26.1. The molecule has 0 spiro atoms. The normalized spacial score (nSPS) is 16.3. The van der Waals surface area contributed by atoms with Crippen molar-refractivity contribution >= 4 is 17.3 Å². The predicted octanol–water partition coefficient (Wildman–Crippen LogP) is 9.04. The van der Waals surface area contributed by atoms with Crippen molar-refractivity contribution in [3.63, 3.8) is 0 Å². The van der Waals surface area contributed by atoms with Crippen LogP contribution in [-0.4, -0.2) is 19.9 Å². The third-order valence-electron chi connectivity index (χ3n) is 8.57. The summed E-state index contributed by atoms with van der Waals surface area (Å²) in [6.45, 7) is 0. The van der Waals surface area contributed by atoms with E-state index in [1.165, 1.54) is 36.5 Å². The molecule has 1 radical (unpaired) electrons. The SMILES string of the molecule is Fc1cc(-c2nc(-c3ccccc3)nc(N(c3ccccc3)c3ccccc3)n2)cnc1-c1[c-]cc2c(c1)C1CCC2C1.[Ir]. The van der Waals surface area contributed by atoms with E-state index in [4.69, 9.17) is 15.0 Å². The molecule has 0 N–H and O–H groups in total. The fourth-order valence-corrected chi connectivity index (χ4v) is 6.51. The van der Waals surface area contributed by atoms with Crippen molar-refractivity contribution in [1.29, 1.82) is 0 Å². The van der Waals surface area contributed by atoms with E-state index in [1.807, 2.05) is 95.9 Å². The van der Waals surface area contributed by atoms with Gasteiger partial charge in [0, 0.05) is 54.5 Å². The number of aromatic nitrogens is 4. The van der Waals surface area contributed by atoms with E-state index < -0.39 is 5.82 Å². The average molecular weight is 753 g/mol. The molecule has 2 heterocycles. The molecule has 217 valence electrons. The van der Waals surface area contributed by atoms with E-state index in [0.717, 1.165) is 16.9 Å². The minimum Gasteiger partial charge on any atom is -0.301 e. The maximum Gasteiger partial charge on any atom is 0.238 e. The van der Waals surface area contributed by atoms with Gasteiger partial charge in [-0.25, -0.2) is 9.37 Å². The van der Waals surface area contributed by atoms with E-state index in [-0.39, 0.29) is 20.1 Å². The van der Waals surface area contributed by atoms with Crippen LogP contribution >= 0.6 is 0 Å². The third kappa shape index (κ3) is 5.12. The Hall–Kier alpha value is -4.58. The first-order chi connectivity index (χ1) is 21.2. The monoisotopic (exact) mass is 753 g/mol. The van der Waals surface area contributed by atoms with Crippen LogP contribution in [0.15, 0.2) is 115 Å². The Morgan fingerprint density at radius 1 is 0.682 bits per heavy atom. The molecule has 1 fully saturated rings. The van der Waals surface area contributed by atoms with E-state index in [9.17, 15) is 0 Å². The van der Waals surface area contributed by atoms with Crippen LogP contribution in [0.1, 0.15) is 42.2 Å². The summed E-state index contributed by atoms with van der Waals surface area (Å²) in [7, 11) is 0. The molecule has 44 heavy (non-hydrogen) atoms. The molecule has 2 aliphatic rings. The molecule has 1 saturated carbocycles. The van der Waals surface area contributed by atoms with Crippen LogP contribution in [0.5, 0.6) is 0 Å². The summed E-state index contributed by atoms with van der Waals surface area (Å²) in [4.78, 5) is 21.2. The van der Waals surface area contributed by atoms with E-state index in [2.05, 4.69) is 23.2 Å². The molecule has 2 atom stereocenters. The molecule has 2 aromatic heterocycles. The van der Waals surface area contributed by atoms with Crippen LogP contribution in [0.2, 0.25) is 0 Å². The van der Waals surface area contributed by atoms with Gasteiger partial charge in [-0.3, -0.25) is 4.90 Å². The zero-order valence-electron chi connectivity index (χ0n) is 23.7. The van der Waals surface area contributed by atoms with E-state index >= 15 is 4.39 Å². The van der Waals surface area contributed by atoms with Gasteiger partial charge in [-0.1, -0.05) is 73.2 Å². The molecular formula is C37H27FIrN5-. The van der Waals surface area contributed by atoms with Crippen LogP contribution in [0, 0.1) is 11.9 Å². The van der Waals surface area contributed by atoms with Crippen molar-refractivity contribution in [2.45, 2.75) is 31.1 Å². The van der Waals surface area contributed by atoms with Gasteiger partial charge in [0.25, 0.3) is 0 Å². The molecule has 8 rings (SSSR count). The number of pyridine rings is 1. The van der Waals surface area contributed by atoms with Gasteiger partial charge < -0.3 is 4.98 Å². The summed E-state index contributed by atoms with van der Waals surface area (Å²) >= 11 is 0. The number of rotatable bonds is 6. The molecule has 5 nitrogen and oxygen atoms in total. The molecule has 4 aromatic carbocycles. The number of hydrogen-bond donors (Lipinski definition) is 0. The molecule has 0 saturated heterocycles. The van der Waals surface area contributed by atoms with Crippen LogP contribution in [0.25, 0.3) is 34.0 Å². The first-order valence-electron chi connectivity index (χ1n) is 14.6. The second kappa shape index (κ2) is 11.8. The Morgan fingerprint density at radius 3 is 1.91 bits per heavy atom. The number of fused-ring (bicyclic) bond motifs is 5. The topological polar surface area (TPSA) is 54.8 Å². The molecule has 2 aliphatic carbocycles. The van der Waals surface area contributed by atoms with Crippen molar-refractivity contribution in [3.8, 4) is 34.0 Å². The van der Waals surface area contributed by atoms with E-state index in [0.29, 0.717) is 46.3 Å². The van der Waals surface area contributed by atoms with Crippen LogP contribution in [-0.2, 0) is 20.1 Å². The maximum absolute atomic E-state index is 15.8. The second-order valence-corrected chi connectivity index (χ2v) is 11.2. The van der Waals surface area contributed by atoms with Gasteiger partial charge in [0.05, 0.1) is 0 Å². The minimum atomic E-state index is -0.428. The molecule has 7 heteroatoms. The number of para-hydroxylation sites is 2. The Labute approximate surface area is 269 Å². The smallest absolute Gasteiger partial charge is 0.238 e. The standard InChI is InChI=1S/C37H27FN5.Ir/c38-33-22-28(23-39-34(33)27-18-19-31-25-16-17-26(20-25)32(31)21-27)36-40-35(24-10-4-1-5-11-24)41-37(42-36)43(29-12-6-2-7-13-29)30-14-8-3-9-15-30;/h1-15,19,21-23,25-26H,16-17,20H2;/q-1;. The summed E-state index contributed by atoms with van der Waals surface area (Å²) in [6.07, 6.45) is 5.31. The fraction of sp³-hybridized carbons (Fsp3) is 0.135. The summed E-state index contributed by atoms with van der Waals surface area (Å²) in [5, 5.41) is 0. The molecule has 2 bridgehead atoms. The van der Waals surface area contributed by atoms with Gasteiger partial charge in [0.1, 0.15) is 5.82 Å². The Kier molecular flexibility index (Phi) is 7.59. The van der Waals surface area contributed by atoms with Gasteiger partial charge in [0.15, 0.2) is 11.6 Å². The van der Waals surface area contributed by atoms with Gasteiger partial charge >= 0.3 is 0 Å². The zero-order chi connectivity index (χ0) is 28.8. The number of anilines is 3. The van der Waals surface area contributed by atoms with Crippen LogP contribution < -0.4 is 4.90 Å². The van der Waals surface area contributed by atoms with Gasteiger partial charge in [0.2, 0.25) is 5.95 Å². The van der Waals surface area contributed by atoms with Crippen LogP contribution in [0.4, 0.5) is 21.7 Å². The van der Waals surface area contributed by atoms with Crippen molar-refractivity contribution in [3.05, 3.63) is 138 Å².